The van der Waals surface area contributed by atoms with E-state index in [4.69, 9.17) is 9.47 Å². The average molecular weight is 707 g/mol. The zero-order valence-corrected chi connectivity index (χ0v) is 30.2. The van der Waals surface area contributed by atoms with Gasteiger partial charge >= 0.3 is 12.1 Å². The number of Topliss-reactive ketones (excluding diaryl/α,β-unsaturated/α-hetero) is 1. The zero-order chi connectivity index (χ0) is 36.5. The SMILES string of the molecule is C/C(=C\c1cc(F)cc(N2CCN(CC(=O)c3cnccn3)CC2)c1)[C@@]1(O)OC(=O)CCCC[C@H](C)[C@@H](OC(=O)N2CCN(C)CC2)/C=C/[C@@H]1C. The minimum Gasteiger partial charge on any atom is -0.442 e. The van der Waals surface area contributed by atoms with Crippen molar-refractivity contribution in [1.29, 1.82) is 0 Å². The standard InChI is InChI=1S/C38H51FN6O6/c1-27-7-5-6-8-36(47)51-38(49,28(2)9-10-35(27)50-37(48)45-17-13-42(4)14-18-45)29(3)21-30-22-31(39)24-32(23-30)44-19-15-43(16-20-44)26-34(46)33-25-40-11-12-41-33/h9-12,21-25,27-28,35,49H,5-8,13-20,26H2,1-4H3/b10-9+,29-21+/t27-,28-,35-,38-/m0/s1. The second-order valence-electron chi connectivity index (χ2n) is 14.1. The van der Waals surface area contributed by atoms with Crippen LogP contribution in [0.25, 0.3) is 6.08 Å². The number of anilines is 1. The van der Waals surface area contributed by atoms with E-state index in [0.29, 0.717) is 68.2 Å². The summed E-state index contributed by atoms with van der Waals surface area (Å²) in [7, 11) is 2.03. The highest BCUT2D eigenvalue weighted by molar-refractivity contribution is 5.95. The molecule has 13 heteroatoms. The fourth-order valence-electron chi connectivity index (χ4n) is 6.70. The number of piperazine rings is 2. The van der Waals surface area contributed by atoms with Gasteiger partial charge in [0.05, 0.1) is 12.7 Å². The van der Waals surface area contributed by atoms with Gasteiger partial charge in [0.2, 0.25) is 5.79 Å². The molecular formula is C38H51FN6O6. The summed E-state index contributed by atoms with van der Waals surface area (Å²) in [6, 6.07) is 4.68. The van der Waals surface area contributed by atoms with Gasteiger partial charge in [0, 0.05) is 82.8 Å². The van der Waals surface area contributed by atoms with Gasteiger partial charge in [-0.15, -0.1) is 0 Å². The highest BCUT2D eigenvalue weighted by atomic mass is 19.1. The molecule has 0 unspecified atom stereocenters. The quantitative estimate of drug-likeness (QED) is 0.250. The molecule has 5 rings (SSSR count). The van der Waals surface area contributed by atoms with Crippen LogP contribution in [-0.2, 0) is 14.3 Å². The fraction of sp³-hybridized carbons (Fsp3) is 0.553. The van der Waals surface area contributed by atoms with Gasteiger partial charge in [-0.25, -0.2) is 14.2 Å². The Bertz CT molecular complexity index is 1570. The van der Waals surface area contributed by atoms with E-state index >= 15 is 4.39 Å². The molecule has 276 valence electrons. The Morgan fingerprint density at radius 2 is 1.78 bits per heavy atom. The lowest BCUT2D eigenvalue weighted by Crippen LogP contribution is -2.48. The first-order valence-electron chi connectivity index (χ1n) is 17.9. The van der Waals surface area contributed by atoms with Crippen molar-refractivity contribution in [2.45, 2.75) is 58.3 Å². The van der Waals surface area contributed by atoms with Crippen LogP contribution < -0.4 is 4.90 Å². The number of esters is 1. The maximum absolute atomic E-state index is 15.1. The molecule has 0 saturated carbocycles. The highest BCUT2D eigenvalue weighted by Crippen LogP contribution is 2.33. The van der Waals surface area contributed by atoms with Crippen LogP contribution in [0.3, 0.4) is 0 Å². The normalized spacial score (nSPS) is 26.8. The van der Waals surface area contributed by atoms with Gasteiger partial charge in [0.1, 0.15) is 17.6 Å². The molecule has 0 bridgehead atoms. The summed E-state index contributed by atoms with van der Waals surface area (Å²) in [5.41, 5.74) is 1.83. The van der Waals surface area contributed by atoms with Crippen molar-refractivity contribution < 1.29 is 33.4 Å². The Morgan fingerprint density at radius 3 is 2.49 bits per heavy atom. The lowest BCUT2D eigenvalue weighted by molar-refractivity contribution is -0.205. The second-order valence-corrected chi connectivity index (χ2v) is 14.1. The molecule has 12 nitrogen and oxygen atoms in total. The number of likely N-dealkylation sites (N-methyl/N-ethyl adjacent to an activating group) is 1. The molecule has 3 aliphatic heterocycles. The number of hydrogen-bond acceptors (Lipinski definition) is 11. The fourth-order valence-corrected chi connectivity index (χ4v) is 6.70. The number of ketones is 1. The first-order valence-corrected chi connectivity index (χ1v) is 17.9. The molecule has 4 atom stereocenters. The molecule has 1 N–H and O–H groups in total. The summed E-state index contributed by atoms with van der Waals surface area (Å²) in [4.78, 5) is 54.8. The maximum atomic E-state index is 15.1. The number of carbonyl (C=O) groups is 3. The van der Waals surface area contributed by atoms with E-state index in [9.17, 15) is 19.5 Å². The Kier molecular flexibility index (Phi) is 12.9. The van der Waals surface area contributed by atoms with E-state index in [2.05, 4.69) is 19.8 Å². The van der Waals surface area contributed by atoms with Gasteiger partial charge in [-0.3, -0.25) is 19.5 Å². The van der Waals surface area contributed by atoms with Crippen LogP contribution in [0.2, 0.25) is 0 Å². The molecule has 2 saturated heterocycles. The second kappa shape index (κ2) is 17.3. The van der Waals surface area contributed by atoms with Crippen molar-refractivity contribution in [3.63, 3.8) is 0 Å². The van der Waals surface area contributed by atoms with Crippen LogP contribution in [0.1, 0.15) is 62.5 Å². The summed E-state index contributed by atoms with van der Waals surface area (Å²) >= 11 is 0. The molecule has 51 heavy (non-hydrogen) atoms. The molecule has 1 amide bonds. The van der Waals surface area contributed by atoms with Crippen molar-refractivity contribution in [3.8, 4) is 0 Å². The van der Waals surface area contributed by atoms with Crippen LogP contribution in [0.4, 0.5) is 14.9 Å². The van der Waals surface area contributed by atoms with Crippen molar-refractivity contribution >= 4 is 29.6 Å². The van der Waals surface area contributed by atoms with E-state index in [1.807, 2.05) is 24.9 Å². The monoisotopic (exact) mass is 706 g/mol. The Balaban J connectivity index is 1.30. The summed E-state index contributed by atoms with van der Waals surface area (Å²) in [5.74, 6) is -3.82. The van der Waals surface area contributed by atoms with Gasteiger partial charge in [-0.1, -0.05) is 26.3 Å². The molecule has 1 aromatic carbocycles. The molecule has 2 fully saturated rings. The number of rotatable bonds is 7. The molecule has 0 radical (unpaired) electrons. The third kappa shape index (κ3) is 10.2. The van der Waals surface area contributed by atoms with Crippen LogP contribution in [0, 0.1) is 17.7 Å². The summed E-state index contributed by atoms with van der Waals surface area (Å²) in [5, 5.41) is 12.0. The summed E-state index contributed by atoms with van der Waals surface area (Å²) in [6.45, 7) is 10.8. The van der Waals surface area contributed by atoms with E-state index in [0.717, 1.165) is 25.9 Å². The maximum Gasteiger partial charge on any atom is 0.410 e. The Labute approximate surface area is 299 Å². The van der Waals surface area contributed by atoms with Crippen LogP contribution >= 0.6 is 0 Å². The Morgan fingerprint density at radius 1 is 1.04 bits per heavy atom. The number of nitrogens with zero attached hydrogens (tertiary/aromatic N) is 6. The largest absolute Gasteiger partial charge is 0.442 e. The zero-order valence-electron chi connectivity index (χ0n) is 30.2. The smallest absolute Gasteiger partial charge is 0.410 e. The van der Waals surface area contributed by atoms with Crippen LogP contribution in [0.15, 0.2) is 54.5 Å². The number of cyclic esters (lactones) is 1. The van der Waals surface area contributed by atoms with Crippen molar-refractivity contribution in [1.82, 2.24) is 24.7 Å². The van der Waals surface area contributed by atoms with Crippen LogP contribution in [-0.4, -0.2) is 125 Å². The van der Waals surface area contributed by atoms with E-state index < -0.39 is 29.6 Å². The van der Waals surface area contributed by atoms with Crippen LogP contribution in [0.5, 0.6) is 0 Å². The van der Waals surface area contributed by atoms with Crippen molar-refractivity contribution in [2.75, 3.05) is 70.9 Å². The molecule has 0 spiro atoms. The van der Waals surface area contributed by atoms with Crippen molar-refractivity contribution in [3.05, 3.63) is 71.6 Å². The number of halogens is 1. The third-order valence-electron chi connectivity index (χ3n) is 10.1. The lowest BCUT2D eigenvalue weighted by Gasteiger charge is -2.36. The minimum atomic E-state index is -2.03. The summed E-state index contributed by atoms with van der Waals surface area (Å²) in [6.07, 6.45) is 10.9. The number of aromatic nitrogens is 2. The third-order valence-corrected chi connectivity index (χ3v) is 10.1. The number of benzene rings is 1. The Hall–Kier alpha value is -4.20. The lowest BCUT2D eigenvalue weighted by atomic mass is 9.89. The minimum absolute atomic E-state index is 0.00344. The predicted octanol–water partition coefficient (Wildman–Crippen LogP) is 4.41. The van der Waals surface area contributed by atoms with Gasteiger partial charge < -0.3 is 29.3 Å². The molecule has 1 aromatic heterocycles. The van der Waals surface area contributed by atoms with E-state index in [1.165, 1.54) is 30.7 Å². The molecule has 2 aromatic rings. The number of ether oxygens (including phenoxy) is 2. The average Bonchev–Trinajstić information content (AvgIpc) is 3.11. The first-order chi connectivity index (χ1) is 24.4. The van der Waals surface area contributed by atoms with Gasteiger partial charge in [-0.2, -0.15) is 0 Å². The number of aliphatic hydroxyl groups is 1. The van der Waals surface area contributed by atoms with Gasteiger partial charge in [-0.05, 0) is 74.2 Å². The molecule has 3 aliphatic rings. The molecule has 0 aliphatic carbocycles. The molecule has 4 heterocycles. The van der Waals surface area contributed by atoms with Gasteiger partial charge in [0.15, 0.2) is 5.78 Å². The predicted molar refractivity (Wildman–Crippen MR) is 191 cm³/mol. The highest BCUT2D eigenvalue weighted by Gasteiger charge is 2.39. The number of hydrogen-bond donors (Lipinski definition) is 1. The van der Waals surface area contributed by atoms with E-state index in [1.54, 1.807) is 37.0 Å². The number of amides is 1. The molecular weight excluding hydrogens is 655 g/mol. The van der Waals surface area contributed by atoms with Gasteiger partial charge in [0.25, 0.3) is 0 Å². The summed E-state index contributed by atoms with van der Waals surface area (Å²) < 4.78 is 26.9. The van der Waals surface area contributed by atoms with Crippen molar-refractivity contribution in [2.24, 2.45) is 11.8 Å². The number of carbonyl (C=O) groups excluding carboxylic acids is 3. The van der Waals surface area contributed by atoms with E-state index in [-0.39, 0.29) is 30.8 Å². The topological polar surface area (TPSA) is 129 Å². The first kappa shape index (κ1) is 38.0.